The number of nitrogens with zero attached hydrogens (tertiary/aromatic N) is 4. The van der Waals surface area contributed by atoms with E-state index in [4.69, 9.17) is 17.3 Å². The number of aliphatic imine (C=N–C) groups is 1. The molecule has 1 aliphatic heterocycles. The van der Waals surface area contributed by atoms with Crippen molar-refractivity contribution in [3.63, 3.8) is 0 Å². The summed E-state index contributed by atoms with van der Waals surface area (Å²) in [5.41, 5.74) is 10.9. The van der Waals surface area contributed by atoms with Crippen molar-refractivity contribution >= 4 is 56.8 Å². The fourth-order valence-corrected chi connectivity index (χ4v) is 4.52. The standard InChI is InChI=1S/C22H16ClN5OS/c1-12-16(15-4-2-3-5-18(15)25-12)11-17-20(24)28-22(26-21(17)29)30-19(27-28)10-13-6-8-14(23)9-7-13/h2-9,11H,10,24H2,1H3. The Kier molecular flexibility index (Phi) is 4.49. The molecule has 0 bridgehead atoms. The molecule has 0 fully saturated rings. The van der Waals surface area contributed by atoms with Crippen molar-refractivity contribution in [2.24, 2.45) is 4.99 Å². The van der Waals surface area contributed by atoms with Gasteiger partial charge in [0.05, 0.1) is 11.3 Å². The zero-order chi connectivity index (χ0) is 20.8. The Morgan fingerprint density at radius 3 is 2.73 bits per heavy atom. The largest absolute Gasteiger partial charge is 0.383 e. The molecule has 2 aromatic carbocycles. The third-order valence-electron chi connectivity index (χ3n) is 4.96. The van der Waals surface area contributed by atoms with Gasteiger partial charge in [0.1, 0.15) is 10.8 Å². The summed E-state index contributed by atoms with van der Waals surface area (Å²) in [5, 5.41) is 6.08. The molecule has 2 aromatic heterocycles. The maximum atomic E-state index is 12.7. The minimum atomic E-state index is -0.376. The van der Waals surface area contributed by atoms with Crippen molar-refractivity contribution < 1.29 is 0 Å². The van der Waals surface area contributed by atoms with Crippen molar-refractivity contribution in [1.82, 2.24) is 14.6 Å². The third kappa shape index (κ3) is 3.22. The normalized spacial score (nSPS) is 14.3. The maximum absolute atomic E-state index is 12.7. The van der Waals surface area contributed by atoms with Crippen LogP contribution >= 0.6 is 22.9 Å². The minimum Gasteiger partial charge on any atom is -0.383 e. The average molecular weight is 434 g/mol. The van der Waals surface area contributed by atoms with Crippen molar-refractivity contribution in [3.05, 3.63) is 85.6 Å². The van der Waals surface area contributed by atoms with E-state index >= 15 is 0 Å². The van der Waals surface area contributed by atoms with Crippen molar-refractivity contribution in [2.45, 2.75) is 13.3 Å². The highest BCUT2D eigenvalue weighted by atomic mass is 35.5. The first kappa shape index (κ1) is 18.7. The molecule has 3 heterocycles. The van der Waals surface area contributed by atoms with Crippen LogP contribution < -0.4 is 11.3 Å². The molecule has 6 nitrogen and oxygen atoms in total. The van der Waals surface area contributed by atoms with Crippen molar-refractivity contribution in [1.29, 1.82) is 0 Å². The van der Waals surface area contributed by atoms with E-state index in [-0.39, 0.29) is 11.4 Å². The molecule has 0 spiro atoms. The highest BCUT2D eigenvalue weighted by Crippen LogP contribution is 2.35. The fraction of sp³-hybridized carbons (Fsp3) is 0.0909. The molecule has 0 saturated heterocycles. The first-order chi connectivity index (χ1) is 14.5. The number of hydrogen-bond donors (Lipinski definition) is 1. The molecule has 0 atom stereocenters. The molecule has 2 N–H and O–H groups in total. The Morgan fingerprint density at radius 1 is 1.17 bits per heavy atom. The molecule has 8 heteroatoms. The van der Waals surface area contributed by atoms with Crippen molar-refractivity contribution in [3.8, 4) is 0 Å². The van der Waals surface area contributed by atoms with Crippen LogP contribution in [0.1, 0.15) is 28.6 Å². The van der Waals surface area contributed by atoms with Gasteiger partial charge in [-0.15, -0.1) is 0 Å². The Hall–Kier alpha value is -3.29. The quantitative estimate of drug-likeness (QED) is 0.510. The first-order valence-electron chi connectivity index (χ1n) is 9.29. The molecule has 0 amide bonds. The monoisotopic (exact) mass is 433 g/mol. The summed E-state index contributed by atoms with van der Waals surface area (Å²) in [5.74, 6) is 0.272. The van der Waals surface area contributed by atoms with E-state index in [1.54, 1.807) is 6.08 Å². The lowest BCUT2D eigenvalue weighted by atomic mass is 10.0. The summed E-state index contributed by atoms with van der Waals surface area (Å²) in [6.45, 7) is 1.92. The number of anilines is 1. The number of rotatable bonds is 3. The molecule has 148 valence electrons. The fourth-order valence-electron chi connectivity index (χ4n) is 3.47. The number of nitrogens with two attached hydrogens (primary N) is 1. The van der Waals surface area contributed by atoms with E-state index in [1.807, 2.05) is 55.5 Å². The lowest BCUT2D eigenvalue weighted by molar-refractivity contribution is 0.901. The molecule has 0 saturated carbocycles. The molecule has 5 rings (SSSR count). The van der Waals surface area contributed by atoms with E-state index in [0.717, 1.165) is 33.1 Å². The molecule has 0 radical (unpaired) electrons. The summed E-state index contributed by atoms with van der Waals surface area (Å²) in [7, 11) is 0. The van der Waals surface area contributed by atoms with Gasteiger partial charge in [-0.1, -0.05) is 53.3 Å². The predicted molar refractivity (Wildman–Crippen MR) is 123 cm³/mol. The number of benzene rings is 2. The van der Waals surface area contributed by atoms with Crippen LogP contribution in [-0.2, 0) is 6.42 Å². The first-order valence-corrected chi connectivity index (χ1v) is 10.5. The number of para-hydroxylation sites is 1. The molecule has 0 aliphatic carbocycles. The SMILES string of the molecule is CC1=Nc2ccccc2C1=Cc1c(N)n2nc(Cc3ccc(Cl)cc3)sc2nc1=O. The second-order valence-corrected chi connectivity index (χ2v) is 8.46. The van der Waals surface area contributed by atoms with Gasteiger partial charge in [-0.2, -0.15) is 14.6 Å². The van der Waals surface area contributed by atoms with Gasteiger partial charge < -0.3 is 5.73 Å². The van der Waals surface area contributed by atoms with Gasteiger partial charge in [-0.25, -0.2) is 0 Å². The predicted octanol–water partition coefficient (Wildman–Crippen LogP) is 4.62. The average Bonchev–Trinajstić information content (AvgIpc) is 3.27. The number of fused-ring (bicyclic) bond motifs is 2. The number of halogens is 1. The van der Waals surface area contributed by atoms with Crippen LogP contribution in [0.5, 0.6) is 0 Å². The molecular weight excluding hydrogens is 418 g/mol. The van der Waals surface area contributed by atoms with Gasteiger partial charge in [0.15, 0.2) is 0 Å². The van der Waals surface area contributed by atoms with Gasteiger partial charge in [0.25, 0.3) is 5.56 Å². The van der Waals surface area contributed by atoms with Gasteiger partial charge in [-0.05, 0) is 36.8 Å². The molecule has 4 aromatic rings. The number of aromatic nitrogens is 3. The van der Waals surface area contributed by atoms with Gasteiger partial charge in [-0.3, -0.25) is 9.79 Å². The zero-order valence-corrected chi connectivity index (χ0v) is 17.5. The molecule has 1 aliphatic rings. The number of nitrogen functional groups attached to an aromatic ring is 1. The molecule has 0 unspecified atom stereocenters. The lowest BCUT2D eigenvalue weighted by Crippen LogP contribution is -2.17. The topological polar surface area (TPSA) is 85.6 Å². The van der Waals surface area contributed by atoms with E-state index in [0.29, 0.717) is 22.0 Å². The minimum absolute atomic E-state index is 0.272. The summed E-state index contributed by atoms with van der Waals surface area (Å²) in [4.78, 5) is 22.0. The maximum Gasteiger partial charge on any atom is 0.283 e. The Balaban J connectivity index is 1.58. The highest BCUT2D eigenvalue weighted by molar-refractivity contribution is 7.16. The Labute approximate surface area is 181 Å². The van der Waals surface area contributed by atoms with E-state index in [2.05, 4.69) is 15.1 Å². The van der Waals surface area contributed by atoms with Crippen LogP contribution in [0.3, 0.4) is 0 Å². The van der Waals surface area contributed by atoms with Gasteiger partial charge in [0, 0.05) is 28.3 Å². The molecular formula is C22H16ClN5OS. The van der Waals surface area contributed by atoms with Crippen molar-refractivity contribution in [2.75, 3.05) is 5.73 Å². The Bertz CT molecular complexity index is 1420. The second kappa shape index (κ2) is 7.19. The number of hydrogen-bond acceptors (Lipinski definition) is 6. The van der Waals surface area contributed by atoms with E-state index in [1.165, 1.54) is 15.9 Å². The highest BCUT2D eigenvalue weighted by Gasteiger charge is 2.20. The van der Waals surface area contributed by atoms with E-state index in [9.17, 15) is 4.79 Å². The zero-order valence-electron chi connectivity index (χ0n) is 16.0. The van der Waals surface area contributed by atoms with Crippen LogP contribution in [0.2, 0.25) is 5.02 Å². The third-order valence-corrected chi connectivity index (χ3v) is 6.12. The second-order valence-electron chi connectivity index (χ2n) is 6.98. The smallest absolute Gasteiger partial charge is 0.283 e. The molecule has 30 heavy (non-hydrogen) atoms. The van der Waals surface area contributed by atoms with Crippen LogP contribution in [-0.4, -0.2) is 20.3 Å². The van der Waals surface area contributed by atoms with Crippen LogP contribution in [0.25, 0.3) is 16.6 Å². The van der Waals surface area contributed by atoms with Crippen LogP contribution in [0, 0.1) is 0 Å². The summed E-state index contributed by atoms with van der Waals surface area (Å²) in [6.07, 6.45) is 2.37. The summed E-state index contributed by atoms with van der Waals surface area (Å²) < 4.78 is 1.54. The Morgan fingerprint density at radius 2 is 1.93 bits per heavy atom. The van der Waals surface area contributed by atoms with Gasteiger partial charge in [0.2, 0.25) is 4.96 Å². The number of allylic oxidation sites excluding steroid dienone is 1. The van der Waals surface area contributed by atoms with Crippen LogP contribution in [0.4, 0.5) is 11.5 Å². The lowest BCUT2D eigenvalue weighted by Gasteiger charge is -2.04. The summed E-state index contributed by atoms with van der Waals surface area (Å²) >= 11 is 7.30. The van der Waals surface area contributed by atoms with E-state index < -0.39 is 0 Å². The van der Waals surface area contributed by atoms with Crippen LogP contribution in [0.15, 0.2) is 58.3 Å². The summed E-state index contributed by atoms with van der Waals surface area (Å²) in [6, 6.07) is 15.4. The van der Waals surface area contributed by atoms with Gasteiger partial charge >= 0.3 is 0 Å².